The number of carbonyl (C=O) groups is 2. The summed E-state index contributed by atoms with van der Waals surface area (Å²) >= 11 is 12.4. The van der Waals surface area contributed by atoms with Crippen LogP contribution in [0.3, 0.4) is 0 Å². The molecule has 4 heterocycles. The van der Waals surface area contributed by atoms with E-state index in [0.717, 1.165) is 68.8 Å². The van der Waals surface area contributed by atoms with E-state index in [-0.39, 0.29) is 28.2 Å². The van der Waals surface area contributed by atoms with Crippen molar-refractivity contribution >= 4 is 61.5 Å². The number of halogens is 3. The normalized spacial score (nSPS) is 15.6. The molecule has 2 aromatic carbocycles. The number of nitrogens with one attached hydrogen (secondary N) is 3. The molecule has 0 bridgehead atoms. The van der Waals surface area contributed by atoms with Crippen molar-refractivity contribution in [3.63, 3.8) is 0 Å². The molecule has 14 nitrogen and oxygen atoms in total. The van der Waals surface area contributed by atoms with Crippen LogP contribution in [0.2, 0.25) is 5.15 Å². The number of alkyl carbamates (subject to hydrolysis) is 2. The predicted molar refractivity (Wildman–Crippen MR) is 254 cm³/mol. The zero-order chi connectivity index (χ0) is 46.1. The summed E-state index contributed by atoms with van der Waals surface area (Å²) in [4.78, 5) is 42.8. The maximum atomic E-state index is 12.0. The predicted octanol–water partition coefficient (Wildman–Crippen LogP) is 10.3. The molecule has 6 rings (SSSR count). The molecule has 63 heavy (non-hydrogen) atoms. The molecular weight excluding hydrogens is 956 g/mol. The van der Waals surface area contributed by atoms with Crippen LogP contribution in [0.1, 0.15) is 92.2 Å². The van der Waals surface area contributed by atoms with Gasteiger partial charge in [0.1, 0.15) is 33.6 Å². The van der Waals surface area contributed by atoms with Gasteiger partial charge in [0.25, 0.3) is 11.8 Å². The number of rotatable bonds is 11. The second-order valence-corrected chi connectivity index (χ2v) is 20.2. The highest BCUT2D eigenvalue weighted by Gasteiger charge is 2.33. The number of carbonyl (C=O) groups excluding carboxylic acids is 2. The Morgan fingerprint density at radius 2 is 1.13 bits per heavy atom. The van der Waals surface area contributed by atoms with Crippen molar-refractivity contribution in [2.45, 2.75) is 105 Å². The summed E-state index contributed by atoms with van der Waals surface area (Å²) in [5.41, 5.74) is 1.43. The molecule has 17 heteroatoms. The highest BCUT2D eigenvalue weighted by Crippen LogP contribution is 2.35. The standard InChI is InChI=1S/C23H31BrN4O3.C12H24N2O2.C11H8BrClN2O/c1-22(2,3)31-21(29)26-16-23(4)10-12-28(13-11-23)19-20(27-18(24)14-25-19)30-15-17-8-6-5-7-9-17;1-11(2,3)16-10(15)14-9-12(4)5-7-13-8-6-12;12-9-6-14-10(13)11(15-9)16-7-8-4-2-1-3-5-8/h5-9,14H,10-13,15-16H2,1-4H3,(H,26,29);13H,5-9H2,1-4H3,(H,14,15);1-6H,7H2. The number of hydrogen-bond donors (Lipinski definition) is 3. The summed E-state index contributed by atoms with van der Waals surface area (Å²) in [6.45, 7) is 21.5. The van der Waals surface area contributed by atoms with Gasteiger partial charge in [-0.3, -0.25) is 0 Å². The van der Waals surface area contributed by atoms with Gasteiger partial charge < -0.3 is 39.8 Å². The van der Waals surface area contributed by atoms with Crippen molar-refractivity contribution in [2.24, 2.45) is 10.8 Å². The first-order valence-electron chi connectivity index (χ1n) is 21.1. The van der Waals surface area contributed by atoms with Crippen LogP contribution >= 0.6 is 43.5 Å². The van der Waals surface area contributed by atoms with E-state index in [9.17, 15) is 9.59 Å². The van der Waals surface area contributed by atoms with Crippen molar-refractivity contribution in [2.75, 3.05) is 44.2 Å². The number of nitrogens with zero attached hydrogens (tertiary/aromatic N) is 5. The summed E-state index contributed by atoms with van der Waals surface area (Å²) in [5.74, 6) is 1.61. The van der Waals surface area contributed by atoms with Crippen molar-refractivity contribution in [3.05, 3.63) is 98.5 Å². The van der Waals surface area contributed by atoms with E-state index in [4.69, 9.17) is 30.5 Å². The topological polar surface area (TPSA) is 162 Å². The van der Waals surface area contributed by atoms with Crippen LogP contribution < -0.4 is 30.3 Å². The summed E-state index contributed by atoms with van der Waals surface area (Å²) < 4.78 is 23.3. The minimum atomic E-state index is -0.495. The fourth-order valence-electron chi connectivity index (χ4n) is 6.38. The molecule has 2 aromatic heterocycles. The molecule has 2 aliphatic heterocycles. The molecule has 0 spiro atoms. The Hall–Kier alpha value is -4.25. The number of piperidine rings is 2. The maximum Gasteiger partial charge on any atom is 0.407 e. The van der Waals surface area contributed by atoms with Crippen LogP contribution in [0.25, 0.3) is 0 Å². The number of aromatic nitrogens is 4. The van der Waals surface area contributed by atoms with Gasteiger partial charge in [-0.25, -0.2) is 29.5 Å². The molecule has 2 amide bonds. The smallest absolute Gasteiger partial charge is 0.407 e. The lowest BCUT2D eigenvalue weighted by Crippen LogP contribution is -2.46. The van der Waals surface area contributed by atoms with Crippen LogP contribution in [0.4, 0.5) is 15.4 Å². The minimum absolute atomic E-state index is 0.00125. The zero-order valence-electron chi connectivity index (χ0n) is 37.7. The zero-order valence-corrected chi connectivity index (χ0v) is 41.7. The van der Waals surface area contributed by atoms with Gasteiger partial charge in [-0.1, -0.05) is 86.1 Å². The fraction of sp³-hybridized carbons (Fsp3) is 0.522. The third-order valence-corrected chi connectivity index (χ3v) is 11.0. The number of amides is 2. The average molecular weight is 1020 g/mol. The van der Waals surface area contributed by atoms with Crippen LogP contribution in [0, 0.1) is 10.8 Å². The highest BCUT2D eigenvalue weighted by molar-refractivity contribution is 9.10. The lowest BCUT2D eigenvalue weighted by Gasteiger charge is -2.40. The molecule has 0 unspecified atom stereocenters. The van der Waals surface area contributed by atoms with Gasteiger partial charge >= 0.3 is 12.2 Å². The van der Waals surface area contributed by atoms with Crippen LogP contribution in [-0.2, 0) is 22.7 Å². The number of hydrogen-bond acceptors (Lipinski definition) is 12. The molecule has 4 aromatic rings. The van der Waals surface area contributed by atoms with Gasteiger partial charge in [0.15, 0.2) is 11.0 Å². The molecule has 0 saturated carbocycles. The maximum absolute atomic E-state index is 12.0. The number of ether oxygens (including phenoxy) is 4. The van der Waals surface area contributed by atoms with Gasteiger partial charge in [0, 0.05) is 26.2 Å². The number of anilines is 1. The summed E-state index contributed by atoms with van der Waals surface area (Å²) in [5, 5.41) is 9.37. The van der Waals surface area contributed by atoms with E-state index in [1.165, 1.54) is 6.20 Å². The fourth-order valence-corrected chi connectivity index (χ4v) is 7.05. The lowest BCUT2D eigenvalue weighted by atomic mass is 9.80. The second kappa shape index (κ2) is 24.2. The molecule has 3 N–H and O–H groups in total. The first kappa shape index (κ1) is 51.4. The third-order valence-electron chi connectivity index (χ3n) is 10.00. The number of benzene rings is 2. The van der Waals surface area contributed by atoms with Crippen molar-refractivity contribution in [3.8, 4) is 11.8 Å². The van der Waals surface area contributed by atoms with Gasteiger partial charge in [0.2, 0.25) is 0 Å². The molecule has 0 radical (unpaired) electrons. The Morgan fingerprint density at radius 1 is 0.698 bits per heavy atom. The van der Waals surface area contributed by atoms with E-state index >= 15 is 0 Å². The largest absolute Gasteiger partial charge is 0.471 e. The van der Waals surface area contributed by atoms with E-state index in [1.807, 2.05) is 102 Å². The highest BCUT2D eigenvalue weighted by atomic mass is 79.9. The summed E-state index contributed by atoms with van der Waals surface area (Å²) in [6.07, 6.45) is 6.57. The SMILES string of the molecule is CC1(CNC(=O)OC(C)(C)C)CCN(c2ncc(Br)nc2OCc2ccccc2)CC1.CC1(CNC(=O)OC(C)(C)C)CCNCC1.Clc1ncc(Br)nc1OCc1ccccc1. The third kappa shape index (κ3) is 19.6. The molecule has 0 atom stereocenters. The summed E-state index contributed by atoms with van der Waals surface area (Å²) in [6, 6.07) is 19.8. The van der Waals surface area contributed by atoms with E-state index in [2.05, 4.69) is 86.5 Å². The van der Waals surface area contributed by atoms with Crippen molar-refractivity contribution in [1.29, 1.82) is 0 Å². The Balaban J connectivity index is 0.000000229. The quantitative estimate of drug-likeness (QED) is 0.131. The Morgan fingerprint density at radius 3 is 1.60 bits per heavy atom. The van der Waals surface area contributed by atoms with Gasteiger partial charge in [0.05, 0.1) is 12.4 Å². The summed E-state index contributed by atoms with van der Waals surface area (Å²) in [7, 11) is 0. The van der Waals surface area contributed by atoms with E-state index in [0.29, 0.717) is 47.3 Å². The molecule has 344 valence electrons. The average Bonchev–Trinajstić information content (AvgIpc) is 3.23. The Labute approximate surface area is 394 Å². The van der Waals surface area contributed by atoms with Crippen molar-refractivity contribution < 1.29 is 28.5 Å². The monoisotopic (exact) mass is 1020 g/mol. The molecular formula is C46H63Br2ClN8O6. The lowest BCUT2D eigenvalue weighted by molar-refractivity contribution is 0.0484. The van der Waals surface area contributed by atoms with Crippen molar-refractivity contribution in [1.82, 2.24) is 35.9 Å². The first-order chi connectivity index (χ1) is 29.7. The molecule has 2 aliphatic rings. The van der Waals surface area contributed by atoms with Gasteiger partial charge in [-0.2, -0.15) is 0 Å². The first-order valence-corrected chi connectivity index (χ1v) is 23.1. The second-order valence-electron chi connectivity index (χ2n) is 18.2. The Kier molecular flexibility index (Phi) is 19.7. The van der Waals surface area contributed by atoms with E-state index < -0.39 is 11.2 Å². The molecule has 0 aliphatic carbocycles. The van der Waals surface area contributed by atoms with Gasteiger partial charge in [-0.15, -0.1) is 0 Å². The minimum Gasteiger partial charge on any atom is -0.471 e. The van der Waals surface area contributed by atoms with Crippen LogP contribution in [0.5, 0.6) is 11.8 Å². The van der Waals surface area contributed by atoms with Crippen LogP contribution in [0.15, 0.2) is 82.3 Å². The van der Waals surface area contributed by atoms with Crippen LogP contribution in [-0.4, -0.2) is 82.6 Å². The molecule has 2 saturated heterocycles. The Bertz CT molecular complexity index is 2030. The van der Waals surface area contributed by atoms with Gasteiger partial charge in [-0.05, 0) is 134 Å². The molecule has 2 fully saturated rings. The van der Waals surface area contributed by atoms with E-state index in [1.54, 1.807) is 6.20 Å².